The molecule has 0 saturated carbocycles. The molecule has 54 valence electrons. The fourth-order valence-corrected chi connectivity index (χ4v) is 0.316. The lowest BCUT2D eigenvalue weighted by atomic mass is 10.1. The first-order valence-electron chi connectivity index (χ1n) is 2.85. The van der Waals surface area contributed by atoms with Gasteiger partial charge in [-0.05, 0) is 13.8 Å². The van der Waals surface area contributed by atoms with Crippen LogP contribution in [0.5, 0.6) is 0 Å². The van der Waals surface area contributed by atoms with Crippen LogP contribution in [0.2, 0.25) is 0 Å². The first-order chi connectivity index (χ1) is 3.56. The van der Waals surface area contributed by atoms with Gasteiger partial charge in [0.2, 0.25) is 0 Å². The second-order valence-corrected chi connectivity index (χ2v) is 2.38. The molecule has 2 heteroatoms. The van der Waals surface area contributed by atoms with Gasteiger partial charge < -0.3 is 5.73 Å². The third-order valence-electron chi connectivity index (χ3n) is 0.587. The van der Waals surface area contributed by atoms with E-state index in [4.69, 9.17) is 5.73 Å². The normalized spacial score (nSPS) is 8.89. The van der Waals surface area contributed by atoms with Crippen LogP contribution in [-0.4, -0.2) is 5.54 Å². The molecule has 0 aliphatic rings. The van der Waals surface area contributed by atoms with Gasteiger partial charge in [-0.1, -0.05) is 12.8 Å². The molecule has 0 radical (unpaired) electrons. The summed E-state index contributed by atoms with van der Waals surface area (Å²) in [7, 11) is 0. The lowest BCUT2D eigenvalue weighted by molar-refractivity contribution is 0.680. The molecule has 0 atom stereocenters. The van der Waals surface area contributed by atoms with Crippen LogP contribution in [0.3, 0.4) is 0 Å². The number of hydrogen-bond acceptors (Lipinski definition) is 1. The summed E-state index contributed by atoms with van der Waals surface area (Å²) in [5, 5.41) is 0. The van der Waals surface area contributed by atoms with Crippen molar-refractivity contribution in [2.45, 2.75) is 32.7 Å². The minimum atomic E-state index is -0.310. The van der Waals surface area contributed by atoms with Gasteiger partial charge in [-0.3, -0.25) is 0 Å². The summed E-state index contributed by atoms with van der Waals surface area (Å²) in [6.45, 7) is 5.81. The molecule has 0 unspecified atom stereocenters. The Morgan fingerprint density at radius 1 is 1.44 bits per heavy atom. The minimum Gasteiger partial charge on any atom is -0.316 e. The highest BCUT2D eigenvalue weighted by Gasteiger charge is 2.02. The molecule has 0 amide bonds. The van der Waals surface area contributed by atoms with Crippen LogP contribution in [0, 0.1) is 11.8 Å². The van der Waals surface area contributed by atoms with E-state index in [9.17, 15) is 0 Å². The van der Waals surface area contributed by atoms with Gasteiger partial charge in [0, 0.05) is 6.42 Å². The smallest absolute Gasteiger partial charge is 0.0719 e. The van der Waals surface area contributed by atoms with Gasteiger partial charge >= 0.3 is 0 Å². The second-order valence-electron chi connectivity index (χ2n) is 2.38. The zero-order valence-electron chi connectivity index (χ0n) is 6.19. The first kappa shape index (κ1) is 11.6. The van der Waals surface area contributed by atoms with Gasteiger partial charge in [0.1, 0.15) is 0 Å². The molecular formula is C7H14ClN. The lowest BCUT2D eigenvalue weighted by Crippen LogP contribution is -2.29. The topological polar surface area (TPSA) is 26.0 Å². The van der Waals surface area contributed by atoms with Crippen molar-refractivity contribution in [3.05, 3.63) is 0 Å². The quantitative estimate of drug-likeness (QED) is 0.517. The summed E-state index contributed by atoms with van der Waals surface area (Å²) in [5.41, 5.74) is 5.24. The predicted molar refractivity (Wildman–Crippen MR) is 43.6 cm³/mol. The van der Waals surface area contributed by atoms with E-state index in [1.165, 1.54) is 0 Å². The molecule has 0 aromatic heterocycles. The van der Waals surface area contributed by atoms with E-state index in [1.807, 2.05) is 20.8 Å². The number of nitrogens with two attached hydrogens (primary N) is 1. The average Bonchev–Trinajstić information content (AvgIpc) is 1.59. The Labute approximate surface area is 63.4 Å². The van der Waals surface area contributed by atoms with Gasteiger partial charge in [0.05, 0.1) is 5.54 Å². The monoisotopic (exact) mass is 147 g/mol. The zero-order chi connectivity index (χ0) is 6.62. The lowest BCUT2D eigenvalue weighted by Gasteiger charge is -2.06. The molecule has 0 bridgehead atoms. The molecule has 0 aliphatic carbocycles. The van der Waals surface area contributed by atoms with Crippen LogP contribution in [-0.2, 0) is 0 Å². The average molecular weight is 148 g/mol. The van der Waals surface area contributed by atoms with Crippen LogP contribution in [0.15, 0.2) is 0 Å². The van der Waals surface area contributed by atoms with Crippen molar-refractivity contribution >= 4 is 12.4 Å². The minimum absolute atomic E-state index is 0. The standard InChI is InChI=1S/C7H13N.ClH/c1-4-5-6-7(2,3)8;/h4,8H2,1-3H3;1H. The molecule has 0 saturated heterocycles. The van der Waals surface area contributed by atoms with Crippen molar-refractivity contribution in [3.63, 3.8) is 0 Å². The molecular weight excluding hydrogens is 134 g/mol. The van der Waals surface area contributed by atoms with Gasteiger partial charge in [0.25, 0.3) is 0 Å². The fourth-order valence-electron chi connectivity index (χ4n) is 0.316. The highest BCUT2D eigenvalue weighted by atomic mass is 35.5. The molecule has 0 rings (SSSR count). The molecule has 9 heavy (non-hydrogen) atoms. The summed E-state index contributed by atoms with van der Waals surface area (Å²) in [6, 6.07) is 0. The largest absolute Gasteiger partial charge is 0.316 e. The third kappa shape index (κ3) is 11.4. The van der Waals surface area contributed by atoms with E-state index in [1.54, 1.807) is 0 Å². The maximum atomic E-state index is 5.55. The number of halogens is 1. The molecule has 0 heterocycles. The van der Waals surface area contributed by atoms with E-state index in [2.05, 4.69) is 11.8 Å². The first-order valence-corrected chi connectivity index (χ1v) is 2.85. The highest BCUT2D eigenvalue weighted by molar-refractivity contribution is 5.85. The maximum absolute atomic E-state index is 5.55. The van der Waals surface area contributed by atoms with E-state index in [-0.39, 0.29) is 17.9 Å². The molecule has 0 aromatic rings. The third-order valence-corrected chi connectivity index (χ3v) is 0.587. The molecule has 2 N–H and O–H groups in total. The highest BCUT2D eigenvalue weighted by Crippen LogP contribution is 1.91. The summed E-state index contributed by atoms with van der Waals surface area (Å²) < 4.78 is 0. The molecule has 1 nitrogen and oxygen atoms in total. The van der Waals surface area contributed by atoms with Gasteiger partial charge in [-0.2, -0.15) is 0 Å². The Morgan fingerprint density at radius 3 is 2.00 bits per heavy atom. The van der Waals surface area contributed by atoms with E-state index >= 15 is 0 Å². The summed E-state index contributed by atoms with van der Waals surface area (Å²) in [5.74, 6) is 5.81. The molecule has 0 spiro atoms. The number of rotatable bonds is 0. The van der Waals surface area contributed by atoms with Gasteiger partial charge in [-0.25, -0.2) is 0 Å². The molecule has 0 aromatic carbocycles. The van der Waals surface area contributed by atoms with Crippen LogP contribution in [0.25, 0.3) is 0 Å². The molecule has 0 fully saturated rings. The Kier molecular flexibility index (Phi) is 6.01. The maximum Gasteiger partial charge on any atom is 0.0719 e. The Hall–Kier alpha value is -0.190. The Morgan fingerprint density at radius 2 is 1.89 bits per heavy atom. The molecule has 0 aliphatic heterocycles. The second kappa shape index (κ2) is 4.67. The van der Waals surface area contributed by atoms with Crippen LogP contribution in [0.4, 0.5) is 0 Å². The van der Waals surface area contributed by atoms with Crippen LogP contribution in [0.1, 0.15) is 27.2 Å². The van der Waals surface area contributed by atoms with Crippen LogP contribution < -0.4 is 5.73 Å². The van der Waals surface area contributed by atoms with Crippen molar-refractivity contribution in [1.82, 2.24) is 0 Å². The van der Waals surface area contributed by atoms with E-state index in [0.717, 1.165) is 6.42 Å². The van der Waals surface area contributed by atoms with E-state index < -0.39 is 0 Å². The summed E-state index contributed by atoms with van der Waals surface area (Å²) in [4.78, 5) is 0. The zero-order valence-corrected chi connectivity index (χ0v) is 7.01. The SMILES string of the molecule is CCC#CC(C)(C)N.Cl. The number of hydrogen-bond donors (Lipinski definition) is 1. The van der Waals surface area contributed by atoms with Crippen molar-refractivity contribution in [2.24, 2.45) is 5.73 Å². The van der Waals surface area contributed by atoms with Crippen molar-refractivity contribution in [3.8, 4) is 11.8 Å². The van der Waals surface area contributed by atoms with Crippen molar-refractivity contribution in [2.75, 3.05) is 0 Å². The predicted octanol–water partition coefficient (Wildman–Crippen LogP) is 1.56. The Bertz CT molecular complexity index is 113. The van der Waals surface area contributed by atoms with Crippen LogP contribution >= 0.6 is 12.4 Å². The van der Waals surface area contributed by atoms with E-state index in [0.29, 0.717) is 0 Å². The summed E-state index contributed by atoms with van der Waals surface area (Å²) in [6.07, 6.45) is 0.890. The van der Waals surface area contributed by atoms with Crippen molar-refractivity contribution in [1.29, 1.82) is 0 Å². The Balaban J connectivity index is 0. The summed E-state index contributed by atoms with van der Waals surface area (Å²) >= 11 is 0. The van der Waals surface area contributed by atoms with Crippen molar-refractivity contribution < 1.29 is 0 Å². The fraction of sp³-hybridized carbons (Fsp3) is 0.714. The van der Waals surface area contributed by atoms with Gasteiger partial charge in [-0.15, -0.1) is 18.3 Å². The van der Waals surface area contributed by atoms with Gasteiger partial charge in [0.15, 0.2) is 0 Å².